The molecule has 9 nitrogen and oxygen atoms in total. The van der Waals surface area contributed by atoms with Crippen LogP contribution in [-0.2, 0) is 24.3 Å². The van der Waals surface area contributed by atoms with E-state index in [4.69, 9.17) is 20.2 Å². The number of hydrogen-bond donors (Lipinski definition) is 3. The Morgan fingerprint density at radius 2 is 1.80 bits per heavy atom. The number of nitrogens with zero attached hydrogens (tertiary/aromatic N) is 1. The third kappa shape index (κ3) is 4.01. The Balaban J connectivity index is 1.96. The van der Waals surface area contributed by atoms with Gasteiger partial charge in [0.1, 0.15) is 5.54 Å². The van der Waals surface area contributed by atoms with Crippen molar-refractivity contribution in [3.8, 4) is 0 Å². The van der Waals surface area contributed by atoms with Crippen LogP contribution in [0.1, 0.15) is 40.5 Å². The van der Waals surface area contributed by atoms with E-state index in [9.17, 15) is 18.3 Å². The molecule has 0 aromatic rings. The highest BCUT2D eigenvalue weighted by molar-refractivity contribution is 7.86. The van der Waals surface area contributed by atoms with Crippen LogP contribution < -0.4 is 10.9 Å². The minimum atomic E-state index is -3.97. The molecule has 0 radical (unpaired) electrons. The van der Waals surface area contributed by atoms with E-state index < -0.39 is 38.8 Å². The molecule has 0 aromatic heterocycles. The van der Waals surface area contributed by atoms with Gasteiger partial charge in [-0.2, -0.15) is 12.7 Å². The smallest absolute Gasteiger partial charge is 0.457 e. The van der Waals surface area contributed by atoms with E-state index in [1.165, 1.54) is 0 Å². The van der Waals surface area contributed by atoms with Crippen molar-refractivity contribution < 1.29 is 27.6 Å². The second kappa shape index (κ2) is 6.47. The fourth-order valence-electron chi connectivity index (χ4n) is 3.29. The third-order valence-electron chi connectivity index (χ3n) is 5.64. The number of carboxylic acids is 1. The van der Waals surface area contributed by atoms with Gasteiger partial charge in [0.15, 0.2) is 0 Å². The van der Waals surface area contributed by atoms with Gasteiger partial charge in [-0.15, -0.1) is 0 Å². The van der Waals surface area contributed by atoms with Crippen molar-refractivity contribution in [1.82, 2.24) is 4.31 Å². The summed E-state index contributed by atoms with van der Waals surface area (Å²) < 4.78 is 35.8. The number of carbonyl (C=O) groups is 1. The molecule has 2 heterocycles. The highest BCUT2D eigenvalue weighted by atomic mass is 32.2. The van der Waals surface area contributed by atoms with Crippen molar-refractivity contribution in [2.24, 2.45) is 16.8 Å². The number of carboxylic acid groups (broad SMARTS) is 1. The van der Waals surface area contributed by atoms with Crippen molar-refractivity contribution in [3.05, 3.63) is 0 Å². The summed E-state index contributed by atoms with van der Waals surface area (Å²) >= 11 is 0. The zero-order chi connectivity index (χ0) is 19.3. The topological polar surface area (TPSA) is 145 Å². The van der Waals surface area contributed by atoms with Gasteiger partial charge >= 0.3 is 13.1 Å². The molecule has 0 unspecified atom stereocenters. The first-order valence-electron chi connectivity index (χ1n) is 8.35. The quantitative estimate of drug-likeness (QED) is 0.542. The van der Waals surface area contributed by atoms with E-state index in [1.54, 1.807) is 0 Å². The molecular formula is C14H28BN3O6S. The molecule has 0 aliphatic carbocycles. The van der Waals surface area contributed by atoms with E-state index in [2.05, 4.69) is 0 Å². The van der Waals surface area contributed by atoms with Gasteiger partial charge in [-0.05, 0) is 40.4 Å². The first-order chi connectivity index (χ1) is 11.2. The molecule has 25 heavy (non-hydrogen) atoms. The minimum absolute atomic E-state index is 0.00496. The van der Waals surface area contributed by atoms with Gasteiger partial charge in [0, 0.05) is 19.0 Å². The Morgan fingerprint density at radius 1 is 1.28 bits per heavy atom. The summed E-state index contributed by atoms with van der Waals surface area (Å²) in [5.41, 5.74) is 3.51. The maximum absolute atomic E-state index is 11.6. The lowest BCUT2D eigenvalue weighted by molar-refractivity contribution is -0.144. The lowest BCUT2D eigenvalue weighted by atomic mass is 9.78. The van der Waals surface area contributed by atoms with Gasteiger partial charge in [0.05, 0.1) is 11.2 Å². The molecule has 144 valence electrons. The van der Waals surface area contributed by atoms with Crippen LogP contribution in [0.5, 0.6) is 0 Å². The summed E-state index contributed by atoms with van der Waals surface area (Å²) in [6.07, 6.45) is 1.62. The van der Waals surface area contributed by atoms with Crippen LogP contribution in [0.4, 0.5) is 0 Å². The Hall–Kier alpha value is -0.715. The second-order valence-electron chi connectivity index (χ2n) is 8.00. The molecule has 0 saturated carbocycles. The molecule has 0 spiro atoms. The van der Waals surface area contributed by atoms with Crippen molar-refractivity contribution in [1.29, 1.82) is 0 Å². The lowest BCUT2D eigenvalue weighted by Crippen LogP contribution is -2.55. The van der Waals surface area contributed by atoms with Crippen LogP contribution >= 0.6 is 0 Å². The molecule has 0 amide bonds. The first-order valence-corrected chi connectivity index (χ1v) is 9.85. The Bertz CT molecular complexity index is 624. The van der Waals surface area contributed by atoms with Gasteiger partial charge in [-0.1, -0.05) is 6.42 Å². The molecule has 0 aromatic carbocycles. The molecule has 2 aliphatic heterocycles. The van der Waals surface area contributed by atoms with E-state index >= 15 is 0 Å². The standard InChI is InChI=1S/C14H28BN3O6S/c1-12(2)13(3,4)24-15(23-12)7-5-6-10-8-18(25(17,21)22)9-14(10,16)11(19)20/h10H,5-9,16H2,1-4H3,(H,19,20)(H2,17,21,22)/t10-,14-/m1/s1. The average molecular weight is 377 g/mol. The summed E-state index contributed by atoms with van der Waals surface area (Å²) in [6, 6.07) is 0. The fraction of sp³-hybridized carbons (Fsp3) is 0.929. The predicted octanol–water partition coefficient (Wildman–Crippen LogP) is -0.224. The third-order valence-corrected chi connectivity index (χ3v) is 6.64. The maximum atomic E-state index is 11.6. The molecule has 2 atom stereocenters. The minimum Gasteiger partial charge on any atom is -0.480 e. The monoisotopic (exact) mass is 377 g/mol. The van der Waals surface area contributed by atoms with Gasteiger partial charge in [0.2, 0.25) is 0 Å². The van der Waals surface area contributed by atoms with Crippen molar-refractivity contribution in [2.45, 2.75) is 63.6 Å². The van der Waals surface area contributed by atoms with Crippen molar-refractivity contribution in [3.63, 3.8) is 0 Å². The Labute approximate surface area is 149 Å². The van der Waals surface area contributed by atoms with Gasteiger partial charge in [0.25, 0.3) is 10.2 Å². The molecule has 11 heteroatoms. The van der Waals surface area contributed by atoms with E-state index in [0.29, 0.717) is 19.2 Å². The maximum Gasteiger partial charge on any atom is 0.457 e. The highest BCUT2D eigenvalue weighted by Crippen LogP contribution is 2.39. The molecule has 2 rings (SSSR count). The molecule has 5 N–H and O–H groups in total. The summed E-state index contributed by atoms with van der Waals surface area (Å²) in [6.45, 7) is 7.53. The van der Waals surface area contributed by atoms with Gasteiger partial charge in [-0.25, -0.2) is 5.14 Å². The highest BCUT2D eigenvalue weighted by Gasteiger charge is 2.53. The number of hydrogen-bond acceptors (Lipinski definition) is 6. The molecule has 0 bridgehead atoms. The first kappa shape index (κ1) is 20.6. The van der Waals surface area contributed by atoms with Crippen molar-refractivity contribution in [2.75, 3.05) is 13.1 Å². The molecule has 2 fully saturated rings. The Morgan fingerprint density at radius 3 is 2.24 bits per heavy atom. The molecule has 2 aliphatic rings. The van der Waals surface area contributed by atoms with E-state index in [0.717, 1.165) is 4.31 Å². The zero-order valence-corrected chi connectivity index (χ0v) is 16.0. The zero-order valence-electron chi connectivity index (χ0n) is 15.2. The summed E-state index contributed by atoms with van der Waals surface area (Å²) in [7, 11) is -4.35. The largest absolute Gasteiger partial charge is 0.480 e. The SMILES string of the molecule is CC1(C)OB(CCC[C@@H]2CN(S(N)(=O)=O)C[C@]2(N)C(=O)O)OC1(C)C. The van der Waals surface area contributed by atoms with Crippen LogP contribution in [0, 0.1) is 5.92 Å². The van der Waals surface area contributed by atoms with Crippen LogP contribution in [0.2, 0.25) is 6.32 Å². The van der Waals surface area contributed by atoms with Gasteiger partial charge in [-0.3, -0.25) is 4.79 Å². The number of rotatable bonds is 6. The van der Waals surface area contributed by atoms with E-state index in [1.807, 2.05) is 27.7 Å². The molecular weight excluding hydrogens is 349 g/mol. The van der Waals surface area contributed by atoms with Crippen LogP contribution in [0.25, 0.3) is 0 Å². The summed E-state index contributed by atoms with van der Waals surface area (Å²) in [5.74, 6) is -1.75. The van der Waals surface area contributed by atoms with Gasteiger partial charge < -0.3 is 20.1 Å². The van der Waals surface area contributed by atoms with Crippen LogP contribution in [0.3, 0.4) is 0 Å². The lowest BCUT2D eigenvalue weighted by Gasteiger charge is -2.32. The van der Waals surface area contributed by atoms with Crippen molar-refractivity contribution >= 4 is 23.3 Å². The Kier molecular flexibility index (Phi) is 5.33. The molecule has 2 saturated heterocycles. The van der Waals surface area contributed by atoms with E-state index in [-0.39, 0.29) is 20.2 Å². The van der Waals surface area contributed by atoms with Crippen LogP contribution in [-0.4, -0.2) is 60.7 Å². The number of nitrogens with two attached hydrogens (primary N) is 2. The van der Waals surface area contributed by atoms with Crippen LogP contribution in [0.15, 0.2) is 0 Å². The number of aliphatic carboxylic acids is 1. The summed E-state index contributed by atoms with van der Waals surface area (Å²) in [5, 5.41) is 14.6. The predicted molar refractivity (Wildman–Crippen MR) is 92.8 cm³/mol. The fourth-order valence-corrected chi connectivity index (χ4v) is 4.07. The average Bonchev–Trinajstić information content (AvgIpc) is 2.85. The second-order valence-corrected chi connectivity index (χ2v) is 9.54. The normalized spacial score (nSPS) is 32.2. The summed E-state index contributed by atoms with van der Waals surface area (Å²) in [4.78, 5) is 11.6.